The fourth-order valence-electron chi connectivity index (χ4n) is 22.2. The molecule has 8 aromatic heterocycles. The van der Waals surface area contributed by atoms with E-state index in [4.69, 9.17) is 18.8 Å². The molecular weight excluding hydrogens is 1890 g/mol. The summed E-state index contributed by atoms with van der Waals surface area (Å²) < 4.78 is 24.0. The predicted octanol–water partition coefficient (Wildman–Crippen LogP) is 25.1. The Labute approximate surface area is 867 Å². The first-order valence-corrected chi connectivity index (χ1v) is 61.3. The summed E-state index contributed by atoms with van der Waals surface area (Å²) in [7, 11) is -9.51. The van der Waals surface area contributed by atoms with Crippen LogP contribution in [0.4, 0.5) is 0 Å². The molecule has 20 aromatic carbocycles. The van der Waals surface area contributed by atoms with Gasteiger partial charge in [0.2, 0.25) is 5.71 Å². The average molecular weight is 2000 g/mol. The number of hydrogen-bond donors (Lipinski definition) is 0. The molecule has 8 heterocycles. The maximum absolute atomic E-state index is 6.33. The van der Waals surface area contributed by atoms with Crippen molar-refractivity contribution in [3.63, 3.8) is 0 Å². The fourth-order valence-corrected chi connectivity index (χ4v) is 41.0. The Morgan fingerprint density at radius 1 is 0.218 bits per heavy atom. The second kappa shape index (κ2) is 40.5. The van der Waals surface area contributed by atoms with Gasteiger partial charge in [0, 0.05) is 11.5 Å². The normalized spacial score (nSPS) is 11.8. The number of para-hydroxylation sites is 7. The summed E-state index contributed by atoms with van der Waals surface area (Å²) in [5.41, 5.74) is 21.0. The first kappa shape index (κ1) is 93.9. The Morgan fingerprint density at radius 2 is 0.544 bits per heavy atom. The van der Waals surface area contributed by atoms with Gasteiger partial charge < -0.3 is 8.83 Å². The third-order valence-electron chi connectivity index (χ3n) is 29.3. The molecule has 0 aliphatic rings. The van der Waals surface area contributed by atoms with Crippen LogP contribution in [-0.2, 0) is 0 Å². The van der Waals surface area contributed by atoms with Crippen LogP contribution in [0.5, 0.6) is 0 Å². The van der Waals surface area contributed by atoms with Crippen LogP contribution < -0.4 is 72.6 Å². The first-order valence-electron chi connectivity index (χ1n) is 50.7. The van der Waals surface area contributed by atoms with E-state index in [2.05, 4.69) is 546 Å². The smallest absolute Gasteiger partial charge is 0.307 e. The third kappa shape index (κ3) is 16.7. The Kier molecular flexibility index (Phi) is 25.8. The van der Waals surface area contributed by atoms with Crippen LogP contribution in [-0.4, -0.2) is 64.9 Å². The molecule has 0 saturated heterocycles. The van der Waals surface area contributed by atoms with Crippen LogP contribution in [0.1, 0.15) is 33.3 Å². The zero-order valence-electron chi connectivity index (χ0n) is 82.9. The van der Waals surface area contributed by atoms with Crippen molar-refractivity contribution in [2.75, 3.05) is 0 Å². The molecule has 0 bridgehead atoms. The quantitative estimate of drug-likeness (QED) is 0.0711. The molecule has 0 saturated carbocycles. The molecule has 0 spiro atoms. The lowest BCUT2D eigenvalue weighted by Crippen LogP contribution is -2.74. The lowest BCUT2D eigenvalue weighted by atomic mass is 10.00. The molecule has 147 heavy (non-hydrogen) atoms. The highest BCUT2D eigenvalue weighted by molar-refractivity contribution is 7.24. The highest BCUT2D eigenvalue weighted by Crippen LogP contribution is 2.38. The molecule has 0 amide bonds. The van der Waals surface area contributed by atoms with E-state index in [1.54, 1.807) is 22.7 Å². The Bertz CT molecular complexity index is 9030. The van der Waals surface area contributed by atoms with Gasteiger partial charge in [0.1, 0.15) is 16.1 Å². The summed E-state index contributed by atoms with van der Waals surface area (Å²) in [6, 6.07) is 190. The van der Waals surface area contributed by atoms with Gasteiger partial charge in [0.25, 0.3) is 0 Å². The summed E-state index contributed by atoms with van der Waals surface area (Å²) >= 11 is 3.51. The van der Waals surface area contributed by atoms with E-state index in [1.807, 2.05) is 45.9 Å². The van der Waals surface area contributed by atoms with Crippen molar-refractivity contribution in [2.24, 2.45) is 0 Å². The maximum Gasteiger partial charge on any atom is 0.307 e. The highest BCUT2D eigenvalue weighted by atomic mass is 32.1. The van der Waals surface area contributed by atoms with Gasteiger partial charge in [0.15, 0.2) is 37.2 Å². The predicted molar refractivity (Wildman–Crippen MR) is 636 cm³/mol. The van der Waals surface area contributed by atoms with Crippen LogP contribution >= 0.6 is 22.7 Å². The molecule has 0 unspecified atom stereocenters. The van der Waals surface area contributed by atoms with Crippen molar-refractivity contribution in [3.05, 3.63) is 527 Å². The van der Waals surface area contributed by atoms with E-state index < -0.39 is 32.3 Å². The molecule has 710 valence electrons. The van der Waals surface area contributed by atoms with Gasteiger partial charge in [-0.2, -0.15) is 4.98 Å². The van der Waals surface area contributed by atoms with Crippen molar-refractivity contribution in [3.8, 4) is 22.3 Å². The molecular formula is C132H107N7O2S2Si4. The largest absolute Gasteiger partial charge is 0.438 e. The van der Waals surface area contributed by atoms with E-state index >= 15 is 0 Å². The van der Waals surface area contributed by atoms with Crippen LogP contribution in [0.25, 0.3) is 130 Å². The second-order valence-corrected chi connectivity index (χ2v) is 54.8. The molecule has 0 aliphatic heterocycles. The molecule has 9 nitrogen and oxygen atoms in total. The summed E-state index contributed by atoms with van der Waals surface area (Å²) in [6.45, 7) is 15.1. The fraction of sp³-hybridized carbons (Fsp3) is 0.0530. The number of aromatic nitrogens is 7. The maximum atomic E-state index is 6.33. The number of imidazole rings is 3. The molecule has 0 aliphatic carbocycles. The van der Waals surface area contributed by atoms with Gasteiger partial charge in [-0.25, -0.2) is 9.97 Å². The van der Waals surface area contributed by atoms with Gasteiger partial charge in [-0.05, 0) is 198 Å². The van der Waals surface area contributed by atoms with Crippen LogP contribution in [0, 0.1) is 6.92 Å². The number of hydrogen-bond acceptors (Lipinski definition) is 7. The molecule has 15 heteroatoms. The van der Waals surface area contributed by atoms with Crippen LogP contribution in [0.3, 0.4) is 0 Å². The number of nitrogens with zero attached hydrogens (tertiary/aromatic N) is 7. The highest BCUT2D eigenvalue weighted by Gasteiger charge is 2.44. The first-order chi connectivity index (χ1) is 72.5. The Balaban J connectivity index is 0.000000108. The monoisotopic (exact) mass is 2000 g/mol. The third-order valence-corrected chi connectivity index (χ3v) is 49.7. The zero-order chi connectivity index (χ0) is 99.6. The van der Waals surface area contributed by atoms with Crippen molar-refractivity contribution in [1.29, 1.82) is 0 Å². The minimum absolute atomic E-state index is 0.645. The lowest BCUT2D eigenvalue weighted by molar-refractivity contribution is 0.643. The van der Waals surface area contributed by atoms with Gasteiger partial charge in [-0.3, -0.25) is 17.6 Å². The molecule has 0 radical (unpaired) electrons. The number of thiazole rings is 2. The molecule has 0 N–H and O–H groups in total. The molecule has 0 fully saturated rings. The Hall–Kier alpha value is -16.7. The van der Waals surface area contributed by atoms with E-state index in [0.717, 1.165) is 65.4 Å². The van der Waals surface area contributed by atoms with Gasteiger partial charge in [-0.1, -0.05) is 488 Å². The summed E-state index contributed by atoms with van der Waals surface area (Å²) in [4.78, 5) is 16.5. The lowest BCUT2D eigenvalue weighted by Gasteiger charge is -2.34. The van der Waals surface area contributed by atoms with Crippen molar-refractivity contribution in [2.45, 2.75) is 47.7 Å². The SMILES string of the molecule is CC.CC.C[Si](c1ccccc1)(c1ccccc1)c1ccc2oc3nc4ccccc4n3c2c1.C[Si](c1ccccc1)(c1ccccc1)c1ccc2sc3nc4ccccc4n3c2c1.Cc1cc2oc3cc4ccccc4n3c2cc1-c1cccc([Si](c2ccccc2)(c2ccccc2)c2ccccc2)c1.c1ccc([Si](c2ccccc2)(c2ccccc2)c2cccc(-c3ccc4sc5nc6ccccc6n5c4c3)c2)cc1. The van der Waals surface area contributed by atoms with Crippen LogP contribution in [0.2, 0.25) is 13.1 Å². The van der Waals surface area contributed by atoms with E-state index in [0.29, 0.717) is 5.84 Å². The summed E-state index contributed by atoms with van der Waals surface area (Å²) in [6.07, 6.45) is 0. The van der Waals surface area contributed by atoms with Crippen molar-refractivity contribution >= 4 is 236 Å². The van der Waals surface area contributed by atoms with Gasteiger partial charge in [-0.15, -0.1) is 0 Å². The van der Waals surface area contributed by atoms with E-state index in [1.165, 1.54) is 137 Å². The number of rotatable bonds is 16. The van der Waals surface area contributed by atoms with Crippen molar-refractivity contribution in [1.82, 2.24) is 32.6 Å². The molecule has 28 rings (SSSR count). The Morgan fingerprint density at radius 3 is 0.980 bits per heavy atom. The van der Waals surface area contributed by atoms with Gasteiger partial charge in [0.05, 0.1) is 70.1 Å². The minimum atomic E-state index is -2.62. The number of aryl methyl sites for hydroxylation is 1. The van der Waals surface area contributed by atoms with E-state index in [9.17, 15) is 0 Å². The standard InChI is InChI=1S/C39H29NOSi.C37H26N2SSi.C26H20N2OSi.C26H20N2SSi.2C2H6/c1-28-24-38-37(40-36-23-12-11-14-30(36)26-39(40)41-38)27-35(28)29-15-13-22-34(25-29)42(31-16-5-2-6-17-31,32-18-7-3-8-19-32)33-20-9-4-10-21-33;1-4-14-29(15-5-1)41(30-16-6-2-7-17-30,31-18-8-3-9-19-31)32-20-12-13-27(25-32)28-23-24-36-35(26-28)39-34-22-11-10-21-33(34)38-37(39)40-36;2*1-30(19-10-4-2-5-11-19,20-12-6-3-7-13-20)21-16-17-25-24(18-21)28-23-15-9-8-14-22(23)27-26(28)29-25;2*1-2/h2-27H,1H3;1-26H;2*2-18H,1H3;2*1-2H3. The molecule has 0 atom stereocenters. The molecule has 28 aromatic rings. The minimum Gasteiger partial charge on any atom is -0.438 e. The van der Waals surface area contributed by atoms with Gasteiger partial charge >= 0.3 is 5.84 Å². The van der Waals surface area contributed by atoms with E-state index in [-0.39, 0.29) is 0 Å². The number of benzene rings is 20. The summed E-state index contributed by atoms with van der Waals surface area (Å²) in [5.74, 6) is 0.645. The van der Waals surface area contributed by atoms with Crippen LogP contribution in [0.15, 0.2) is 531 Å². The average Bonchev–Trinajstić information content (AvgIpc) is 1.73. The zero-order valence-corrected chi connectivity index (χ0v) is 88.5. The number of oxazole rings is 2. The van der Waals surface area contributed by atoms with Crippen molar-refractivity contribution < 1.29 is 8.83 Å². The number of fused-ring (bicyclic) bond motifs is 20. The second-order valence-electron chi connectivity index (χ2n) is 37.2. The topological polar surface area (TPSA) is 82.6 Å². The summed E-state index contributed by atoms with van der Waals surface area (Å²) in [5, 5.41) is 20.6.